The summed E-state index contributed by atoms with van der Waals surface area (Å²) in [5, 5.41) is 17.3. The molecule has 0 bridgehead atoms. The Morgan fingerprint density at radius 1 is 1.00 bits per heavy atom. The van der Waals surface area contributed by atoms with Gasteiger partial charge in [-0.05, 0) is 36.4 Å². The van der Waals surface area contributed by atoms with E-state index in [1.807, 2.05) is 53.1 Å². The van der Waals surface area contributed by atoms with Gasteiger partial charge in [-0.2, -0.15) is 0 Å². The molecule has 0 saturated carbocycles. The highest BCUT2D eigenvalue weighted by molar-refractivity contribution is 9.10. The Morgan fingerprint density at radius 3 is 2.74 bits per heavy atom. The topological polar surface area (TPSA) is 69.1 Å². The van der Waals surface area contributed by atoms with E-state index in [1.165, 1.54) is 11.8 Å². The zero-order valence-electron chi connectivity index (χ0n) is 11.8. The van der Waals surface area contributed by atoms with Crippen LogP contribution in [0.3, 0.4) is 0 Å². The van der Waals surface area contributed by atoms with Gasteiger partial charge in [0.1, 0.15) is 0 Å². The van der Waals surface area contributed by atoms with Crippen molar-refractivity contribution >= 4 is 33.3 Å². The van der Waals surface area contributed by atoms with E-state index in [9.17, 15) is 0 Å². The number of pyridine rings is 1. The zero-order chi connectivity index (χ0) is 15.6. The van der Waals surface area contributed by atoms with E-state index in [1.54, 1.807) is 0 Å². The molecule has 3 aromatic heterocycles. The summed E-state index contributed by atoms with van der Waals surface area (Å²) < 4.78 is 8.64. The van der Waals surface area contributed by atoms with Gasteiger partial charge in [-0.25, -0.2) is 0 Å². The van der Waals surface area contributed by atoms with Crippen molar-refractivity contribution in [1.82, 2.24) is 24.8 Å². The van der Waals surface area contributed by atoms with Gasteiger partial charge in [-0.1, -0.05) is 33.8 Å². The molecule has 0 spiro atoms. The molecule has 0 aliphatic carbocycles. The SMILES string of the molecule is Brc1ccc(-c2nnc(CSc3nnc4ccccn34)o2)cc1. The Labute approximate surface area is 144 Å². The Bertz CT molecular complexity index is 950. The van der Waals surface area contributed by atoms with Crippen LogP contribution < -0.4 is 0 Å². The maximum atomic E-state index is 5.70. The Morgan fingerprint density at radius 2 is 1.87 bits per heavy atom. The molecule has 0 atom stereocenters. The fraction of sp³-hybridized carbons (Fsp3) is 0.0667. The van der Waals surface area contributed by atoms with Gasteiger partial charge in [0.05, 0.1) is 5.75 Å². The van der Waals surface area contributed by atoms with E-state index >= 15 is 0 Å². The molecule has 4 aromatic rings. The molecule has 8 heteroatoms. The molecule has 0 aliphatic heterocycles. The lowest BCUT2D eigenvalue weighted by molar-refractivity contribution is 0.528. The molecule has 0 fully saturated rings. The van der Waals surface area contributed by atoms with Crippen molar-refractivity contribution in [2.75, 3.05) is 0 Å². The molecule has 23 heavy (non-hydrogen) atoms. The number of hydrogen-bond donors (Lipinski definition) is 0. The van der Waals surface area contributed by atoms with E-state index in [2.05, 4.69) is 36.3 Å². The van der Waals surface area contributed by atoms with Crippen LogP contribution in [0.15, 0.2) is 62.7 Å². The molecular formula is C15H10BrN5OS. The van der Waals surface area contributed by atoms with Crippen molar-refractivity contribution in [3.05, 3.63) is 59.0 Å². The second kappa shape index (κ2) is 6.13. The fourth-order valence-corrected chi connectivity index (χ4v) is 3.09. The van der Waals surface area contributed by atoms with Gasteiger partial charge in [0, 0.05) is 16.2 Å². The average Bonchev–Trinajstić information content (AvgIpc) is 3.20. The largest absolute Gasteiger partial charge is 0.420 e. The van der Waals surface area contributed by atoms with Crippen LogP contribution in [-0.2, 0) is 5.75 Å². The van der Waals surface area contributed by atoms with Crippen molar-refractivity contribution in [2.45, 2.75) is 10.9 Å². The number of rotatable bonds is 4. The first kappa shape index (κ1) is 14.4. The first-order valence-corrected chi connectivity index (χ1v) is 8.58. The summed E-state index contributed by atoms with van der Waals surface area (Å²) in [5.74, 6) is 1.61. The molecule has 114 valence electrons. The summed E-state index contributed by atoms with van der Waals surface area (Å²) in [6, 6.07) is 13.5. The van der Waals surface area contributed by atoms with Gasteiger partial charge in [0.25, 0.3) is 0 Å². The zero-order valence-corrected chi connectivity index (χ0v) is 14.2. The van der Waals surface area contributed by atoms with E-state index in [0.717, 1.165) is 20.8 Å². The summed E-state index contributed by atoms with van der Waals surface area (Å²) in [5.41, 5.74) is 1.71. The van der Waals surface area contributed by atoms with Crippen LogP contribution in [0, 0.1) is 0 Å². The maximum absolute atomic E-state index is 5.70. The number of aromatic nitrogens is 5. The average molecular weight is 388 g/mol. The predicted octanol–water partition coefficient (Wildman–Crippen LogP) is 3.83. The second-order valence-corrected chi connectivity index (χ2v) is 6.57. The van der Waals surface area contributed by atoms with Gasteiger partial charge in [-0.15, -0.1) is 20.4 Å². The molecule has 0 aliphatic rings. The van der Waals surface area contributed by atoms with Gasteiger partial charge in [-0.3, -0.25) is 4.40 Å². The number of fused-ring (bicyclic) bond motifs is 1. The highest BCUT2D eigenvalue weighted by atomic mass is 79.9. The summed E-state index contributed by atoms with van der Waals surface area (Å²) in [6.07, 6.45) is 1.93. The first-order chi connectivity index (χ1) is 11.3. The van der Waals surface area contributed by atoms with Crippen molar-refractivity contribution < 1.29 is 4.42 Å². The lowest BCUT2D eigenvalue weighted by Gasteiger charge is -1.97. The van der Waals surface area contributed by atoms with E-state index in [4.69, 9.17) is 4.42 Å². The van der Waals surface area contributed by atoms with Crippen molar-refractivity contribution in [1.29, 1.82) is 0 Å². The summed E-state index contributed by atoms with van der Waals surface area (Å²) in [4.78, 5) is 0. The Balaban J connectivity index is 1.51. The fourth-order valence-electron chi connectivity index (χ4n) is 2.07. The van der Waals surface area contributed by atoms with Crippen LogP contribution in [-0.4, -0.2) is 24.8 Å². The first-order valence-electron chi connectivity index (χ1n) is 6.80. The minimum Gasteiger partial charge on any atom is -0.420 e. The molecular weight excluding hydrogens is 378 g/mol. The van der Waals surface area contributed by atoms with E-state index < -0.39 is 0 Å². The molecule has 6 nitrogen and oxygen atoms in total. The smallest absolute Gasteiger partial charge is 0.247 e. The molecule has 0 saturated heterocycles. The molecule has 3 heterocycles. The summed E-state index contributed by atoms with van der Waals surface area (Å²) in [7, 11) is 0. The molecule has 0 amide bonds. The van der Waals surface area contributed by atoms with Crippen molar-refractivity contribution in [3.63, 3.8) is 0 Å². The number of nitrogens with zero attached hydrogens (tertiary/aromatic N) is 5. The predicted molar refractivity (Wildman–Crippen MR) is 90.0 cm³/mol. The van der Waals surface area contributed by atoms with Crippen molar-refractivity contribution in [3.8, 4) is 11.5 Å². The second-order valence-electron chi connectivity index (χ2n) is 4.71. The molecule has 4 rings (SSSR count). The van der Waals surface area contributed by atoms with Crippen LogP contribution in [0.25, 0.3) is 17.1 Å². The molecule has 0 N–H and O–H groups in total. The third-order valence-electron chi connectivity index (χ3n) is 3.17. The quantitative estimate of drug-likeness (QED) is 0.495. The van der Waals surface area contributed by atoms with Crippen LogP contribution in [0.2, 0.25) is 0 Å². The Kier molecular flexibility index (Phi) is 3.84. The standard InChI is InChI=1S/C15H10BrN5OS/c16-11-6-4-10(5-7-11)14-19-18-13(22-14)9-23-15-20-17-12-3-1-2-8-21(12)15/h1-8H,9H2. The Hall–Kier alpha value is -2.19. The molecule has 1 aromatic carbocycles. The monoisotopic (exact) mass is 387 g/mol. The molecule has 0 radical (unpaired) electrons. The van der Waals surface area contributed by atoms with Crippen LogP contribution in [0.5, 0.6) is 0 Å². The number of hydrogen-bond acceptors (Lipinski definition) is 6. The minimum absolute atomic E-state index is 0.513. The third kappa shape index (κ3) is 2.99. The van der Waals surface area contributed by atoms with Crippen LogP contribution >= 0.6 is 27.7 Å². The number of halogens is 1. The van der Waals surface area contributed by atoms with Gasteiger partial charge in [0.2, 0.25) is 11.8 Å². The third-order valence-corrected chi connectivity index (χ3v) is 4.62. The summed E-state index contributed by atoms with van der Waals surface area (Å²) >= 11 is 4.91. The van der Waals surface area contributed by atoms with Crippen LogP contribution in [0.1, 0.15) is 5.89 Å². The van der Waals surface area contributed by atoms with Gasteiger partial charge < -0.3 is 4.42 Å². The highest BCUT2D eigenvalue weighted by Crippen LogP contribution is 2.24. The molecule has 0 unspecified atom stereocenters. The van der Waals surface area contributed by atoms with Crippen LogP contribution in [0.4, 0.5) is 0 Å². The minimum atomic E-state index is 0.513. The summed E-state index contributed by atoms with van der Waals surface area (Å²) in [6.45, 7) is 0. The van der Waals surface area contributed by atoms with E-state index in [-0.39, 0.29) is 0 Å². The lowest BCUT2D eigenvalue weighted by atomic mass is 10.2. The van der Waals surface area contributed by atoms with E-state index in [0.29, 0.717) is 17.5 Å². The normalized spacial score (nSPS) is 11.2. The highest BCUT2D eigenvalue weighted by Gasteiger charge is 2.11. The number of thioether (sulfide) groups is 1. The maximum Gasteiger partial charge on any atom is 0.247 e. The van der Waals surface area contributed by atoms with Gasteiger partial charge >= 0.3 is 0 Å². The van der Waals surface area contributed by atoms with Crippen molar-refractivity contribution in [2.24, 2.45) is 0 Å². The number of benzene rings is 1. The lowest BCUT2D eigenvalue weighted by Crippen LogP contribution is -1.87. The van der Waals surface area contributed by atoms with Gasteiger partial charge in [0.15, 0.2) is 10.8 Å².